The molecule has 0 bridgehead atoms. The third-order valence-electron chi connectivity index (χ3n) is 3.18. The molecule has 2 N–H and O–H groups in total. The van der Waals surface area contributed by atoms with Crippen molar-refractivity contribution in [1.29, 1.82) is 5.26 Å². The first kappa shape index (κ1) is 18.5. The van der Waals surface area contributed by atoms with E-state index in [9.17, 15) is 18.0 Å². The maximum absolute atomic E-state index is 12.7. The summed E-state index contributed by atoms with van der Waals surface area (Å²) in [6.07, 6.45) is -3.35. The summed E-state index contributed by atoms with van der Waals surface area (Å²) in [5.41, 5.74) is -0.405. The molecule has 1 heterocycles. The number of anilines is 2. The van der Waals surface area contributed by atoms with Gasteiger partial charge in [0.15, 0.2) is 5.13 Å². The number of halogens is 3. The Morgan fingerprint density at radius 2 is 2.08 bits per heavy atom. The van der Waals surface area contributed by atoms with Gasteiger partial charge in [-0.15, -0.1) is 11.3 Å². The van der Waals surface area contributed by atoms with E-state index in [1.807, 2.05) is 13.8 Å². The second-order valence-electron chi connectivity index (χ2n) is 5.01. The Bertz CT molecular complexity index is 845. The van der Waals surface area contributed by atoms with Crippen LogP contribution in [0.2, 0.25) is 0 Å². The van der Waals surface area contributed by atoms with E-state index in [4.69, 9.17) is 5.26 Å². The standard InChI is InChI=1S/C16H13F3N4OS/c1-9-10(2)25-15(22-9)21-8-11(7-20)14(24)23-13-5-3-4-12(6-13)16(17,18)19/h3-6,8H,1-2H3,(H,21,22)(H,23,24)/b11-8-. The van der Waals surface area contributed by atoms with Crippen LogP contribution in [0.4, 0.5) is 24.0 Å². The average Bonchev–Trinajstić information content (AvgIpc) is 2.85. The summed E-state index contributed by atoms with van der Waals surface area (Å²) in [5.74, 6) is -0.820. The van der Waals surface area contributed by atoms with E-state index in [0.717, 1.165) is 22.7 Å². The number of aryl methyl sites for hydroxylation is 2. The molecule has 1 aromatic heterocycles. The summed E-state index contributed by atoms with van der Waals surface area (Å²) in [6.45, 7) is 3.71. The molecule has 0 aliphatic rings. The molecule has 1 aromatic carbocycles. The highest BCUT2D eigenvalue weighted by atomic mass is 32.1. The fraction of sp³-hybridized carbons (Fsp3) is 0.188. The van der Waals surface area contributed by atoms with Gasteiger partial charge in [0.1, 0.15) is 11.6 Å². The quantitative estimate of drug-likeness (QED) is 0.627. The van der Waals surface area contributed by atoms with Gasteiger partial charge in [0.25, 0.3) is 5.91 Å². The fourth-order valence-electron chi connectivity index (χ4n) is 1.79. The summed E-state index contributed by atoms with van der Waals surface area (Å²) in [5, 5.41) is 14.6. The van der Waals surface area contributed by atoms with Crippen molar-refractivity contribution < 1.29 is 18.0 Å². The lowest BCUT2D eigenvalue weighted by molar-refractivity contribution is -0.137. The first-order valence-electron chi connectivity index (χ1n) is 7.00. The van der Waals surface area contributed by atoms with Gasteiger partial charge in [-0.3, -0.25) is 4.79 Å². The van der Waals surface area contributed by atoms with Crippen molar-refractivity contribution in [3.05, 3.63) is 52.2 Å². The van der Waals surface area contributed by atoms with Crippen LogP contribution in [-0.2, 0) is 11.0 Å². The first-order valence-corrected chi connectivity index (χ1v) is 7.82. The molecule has 2 aromatic rings. The number of carbonyl (C=O) groups is 1. The number of nitrogens with one attached hydrogen (secondary N) is 2. The van der Waals surface area contributed by atoms with Crippen LogP contribution < -0.4 is 10.6 Å². The molecule has 0 saturated heterocycles. The van der Waals surface area contributed by atoms with E-state index in [2.05, 4.69) is 15.6 Å². The Hall–Kier alpha value is -2.86. The third-order valence-corrected chi connectivity index (χ3v) is 4.19. The molecular weight excluding hydrogens is 353 g/mol. The Morgan fingerprint density at radius 1 is 1.36 bits per heavy atom. The minimum absolute atomic E-state index is 0.0538. The zero-order valence-electron chi connectivity index (χ0n) is 13.2. The second kappa shape index (κ2) is 7.36. The van der Waals surface area contributed by atoms with Crippen molar-refractivity contribution in [3.63, 3.8) is 0 Å². The number of hydrogen-bond donors (Lipinski definition) is 2. The molecule has 0 unspecified atom stereocenters. The van der Waals surface area contributed by atoms with Gasteiger partial charge >= 0.3 is 6.18 Å². The maximum Gasteiger partial charge on any atom is 0.416 e. The van der Waals surface area contributed by atoms with Gasteiger partial charge in [0.2, 0.25) is 0 Å². The van der Waals surface area contributed by atoms with E-state index in [1.54, 1.807) is 6.07 Å². The van der Waals surface area contributed by atoms with Crippen molar-refractivity contribution in [2.45, 2.75) is 20.0 Å². The molecule has 0 radical (unpaired) electrons. The Morgan fingerprint density at radius 3 is 2.64 bits per heavy atom. The van der Waals surface area contributed by atoms with Gasteiger partial charge in [0, 0.05) is 16.8 Å². The van der Waals surface area contributed by atoms with Crippen molar-refractivity contribution >= 4 is 28.1 Å². The van der Waals surface area contributed by atoms with E-state index in [0.29, 0.717) is 5.13 Å². The summed E-state index contributed by atoms with van der Waals surface area (Å²) in [7, 11) is 0. The summed E-state index contributed by atoms with van der Waals surface area (Å²) < 4.78 is 38.0. The minimum Gasteiger partial charge on any atom is -0.337 e. The van der Waals surface area contributed by atoms with Crippen LogP contribution in [-0.4, -0.2) is 10.9 Å². The van der Waals surface area contributed by atoms with Crippen LogP contribution in [0.3, 0.4) is 0 Å². The molecule has 0 atom stereocenters. The van der Waals surface area contributed by atoms with E-state index in [1.165, 1.54) is 29.7 Å². The molecule has 2 rings (SSSR count). The average molecular weight is 366 g/mol. The number of alkyl halides is 3. The maximum atomic E-state index is 12.7. The van der Waals surface area contributed by atoms with Crippen molar-refractivity contribution in [2.75, 3.05) is 10.6 Å². The van der Waals surface area contributed by atoms with Gasteiger partial charge in [-0.1, -0.05) is 6.07 Å². The Kier molecular flexibility index (Phi) is 5.44. The predicted octanol–water partition coefficient (Wildman–Crippen LogP) is 4.24. The number of nitrogens with zero attached hydrogens (tertiary/aromatic N) is 2. The molecule has 0 fully saturated rings. The molecule has 130 valence electrons. The number of aromatic nitrogens is 1. The number of thiazole rings is 1. The van der Waals surface area contributed by atoms with Crippen molar-refractivity contribution in [3.8, 4) is 6.07 Å². The van der Waals surface area contributed by atoms with Gasteiger partial charge in [-0.25, -0.2) is 4.98 Å². The number of hydrogen-bond acceptors (Lipinski definition) is 5. The SMILES string of the molecule is Cc1nc(N/C=C(/C#N)C(=O)Nc2cccc(C(F)(F)F)c2)sc1C. The predicted molar refractivity (Wildman–Crippen MR) is 89.0 cm³/mol. The number of amides is 1. The highest BCUT2D eigenvalue weighted by Crippen LogP contribution is 2.30. The van der Waals surface area contributed by atoms with Crippen molar-refractivity contribution in [1.82, 2.24) is 4.98 Å². The number of nitriles is 1. The minimum atomic E-state index is -4.52. The Labute approximate surface area is 145 Å². The van der Waals surface area contributed by atoms with Gasteiger partial charge in [-0.05, 0) is 32.0 Å². The third kappa shape index (κ3) is 4.81. The molecule has 0 spiro atoms. The van der Waals surface area contributed by atoms with E-state index < -0.39 is 17.6 Å². The van der Waals surface area contributed by atoms with Crippen LogP contribution in [0.1, 0.15) is 16.1 Å². The van der Waals surface area contributed by atoms with Gasteiger partial charge in [-0.2, -0.15) is 18.4 Å². The molecule has 0 aliphatic carbocycles. The Balaban J connectivity index is 2.12. The largest absolute Gasteiger partial charge is 0.416 e. The molecule has 25 heavy (non-hydrogen) atoms. The van der Waals surface area contributed by atoms with Crippen LogP contribution >= 0.6 is 11.3 Å². The van der Waals surface area contributed by atoms with Gasteiger partial charge < -0.3 is 10.6 Å². The topological polar surface area (TPSA) is 77.8 Å². The van der Waals surface area contributed by atoms with E-state index >= 15 is 0 Å². The molecule has 0 aliphatic heterocycles. The van der Waals surface area contributed by atoms with Crippen LogP contribution in [0.15, 0.2) is 36.0 Å². The highest BCUT2D eigenvalue weighted by Gasteiger charge is 2.30. The fourth-order valence-corrected chi connectivity index (χ4v) is 2.57. The van der Waals surface area contributed by atoms with Crippen LogP contribution in [0, 0.1) is 25.2 Å². The van der Waals surface area contributed by atoms with Crippen LogP contribution in [0.25, 0.3) is 0 Å². The number of carbonyl (C=O) groups excluding carboxylic acids is 1. The summed E-state index contributed by atoms with van der Waals surface area (Å²) in [4.78, 5) is 17.2. The zero-order valence-corrected chi connectivity index (χ0v) is 14.0. The lowest BCUT2D eigenvalue weighted by Crippen LogP contribution is -2.15. The molecule has 0 saturated carbocycles. The first-order chi connectivity index (χ1) is 11.7. The van der Waals surface area contributed by atoms with Crippen molar-refractivity contribution in [2.24, 2.45) is 0 Å². The van der Waals surface area contributed by atoms with Crippen LogP contribution in [0.5, 0.6) is 0 Å². The molecular formula is C16H13F3N4OS. The second-order valence-corrected chi connectivity index (χ2v) is 6.21. The smallest absolute Gasteiger partial charge is 0.337 e. The lowest BCUT2D eigenvalue weighted by Gasteiger charge is -2.09. The molecule has 9 heteroatoms. The summed E-state index contributed by atoms with van der Waals surface area (Å²) >= 11 is 1.35. The lowest BCUT2D eigenvalue weighted by atomic mass is 10.2. The zero-order chi connectivity index (χ0) is 18.6. The molecule has 5 nitrogen and oxygen atoms in total. The number of benzene rings is 1. The monoisotopic (exact) mass is 366 g/mol. The summed E-state index contributed by atoms with van der Waals surface area (Å²) in [6, 6.07) is 5.88. The van der Waals surface area contributed by atoms with E-state index in [-0.39, 0.29) is 11.3 Å². The number of rotatable bonds is 4. The highest BCUT2D eigenvalue weighted by molar-refractivity contribution is 7.15. The van der Waals surface area contributed by atoms with Gasteiger partial charge in [0.05, 0.1) is 11.3 Å². The molecule has 1 amide bonds. The normalized spacial score (nSPS) is 11.8.